The van der Waals surface area contributed by atoms with Crippen LogP contribution in [0.4, 0.5) is 17.1 Å². The smallest absolute Gasteiger partial charge is 0.264 e. The van der Waals surface area contributed by atoms with E-state index in [-0.39, 0.29) is 12.1 Å². The number of anilines is 3. The minimum atomic E-state index is -2.79. The molecule has 0 spiro atoms. The van der Waals surface area contributed by atoms with Gasteiger partial charge in [0.15, 0.2) is 8.07 Å². The van der Waals surface area contributed by atoms with Gasteiger partial charge in [0.1, 0.15) is 0 Å². The van der Waals surface area contributed by atoms with Crippen molar-refractivity contribution < 1.29 is 0 Å². The number of para-hydroxylation sites is 3. The third-order valence-corrected chi connectivity index (χ3v) is 19.0. The van der Waals surface area contributed by atoms with Crippen molar-refractivity contribution in [3.05, 3.63) is 163 Å². The molecule has 0 saturated heterocycles. The van der Waals surface area contributed by atoms with Crippen LogP contribution in [0.25, 0.3) is 37.6 Å². The van der Waals surface area contributed by atoms with Gasteiger partial charge in [-0.3, -0.25) is 0 Å². The summed E-state index contributed by atoms with van der Waals surface area (Å²) in [6.45, 7) is 5.10. The van der Waals surface area contributed by atoms with Crippen LogP contribution in [0.3, 0.4) is 0 Å². The zero-order valence-electron chi connectivity index (χ0n) is 28.8. The van der Waals surface area contributed by atoms with Gasteiger partial charge in [0.05, 0.1) is 22.4 Å². The Hall–Kier alpha value is -5.62. The second kappa shape index (κ2) is 9.24. The molecule has 0 fully saturated rings. The summed E-state index contributed by atoms with van der Waals surface area (Å²) in [5.74, 6) is 0. The van der Waals surface area contributed by atoms with Crippen LogP contribution in [0.1, 0.15) is 25.0 Å². The number of nitrogens with zero attached hydrogens (tertiary/aromatic N) is 2. The Morgan fingerprint density at radius 2 is 1.21 bits per heavy atom. The predicted octanol–water partition coefficient (Wildman–Crippen LogP) is 6.94. The molecule has 2 aromatic heterocycles. The molecular formula is C47H31BN2SSi. The Kier molecular flexibility index (Phi) is 4.98. The van der Waals surface area contributed by atoms with Crippen LogP contribution < -0.4 is 41.3 Å². The molecule has 13 rings (SSSR count). The summed E-state index contributed by atoms with van der Waals surface area (Å²) in [4.78, 5) is 2.76. The fraction of sp³-hybridized carbons (Fsp3) is 0.0638. The molecule has 0 radical (unpaired) electrons. The summed E-state index contributed by atoms with van der Waals surface area (Å²) in [5.41, 5.74) is 13.9. The van der Waals surface area contributed by atoms with Crippen molar-refractivity contribution in [1.29, 1.82) is 0 Å². The summed E-state index contributed by atoms with van der Waals surface area (Å²) < 4.78 is 5.47. The molecule has 0 saturated carbocycles. The van der Waals surface area contributed by atoms with E-state index in [1.165, 1.54) is 102 Å². The molecule has 6 heterocycles. The molecule has 7 aromatic carbocycles. The van der Waals surface area contributed by atoms with Gasteiger partial charge in [0, 0.05) is 42.4 Å². The van der Waals surface area contributed by atoms with E-state index in [1.54, 1.807) is 0 Å². The predicted molar refractivity (Wildman–Crippen MR) is 225 cm³/mol. The molecule has 0 amide bonds. The van der Waals surface area contributed by atoms with Crippen molar-refractivity contribution in [3.63, 3.8) is 0 Å². The normalized spacial score (nSPS) is 16.1. The number of benzene rings is 7. The molecule has 52 heavy (non-hydrogen) atoms. The third kappa shape index (κ3) is 2.95. The lowest BCUT2D eigenvalue weighted by Gasteiger charge is -2.54. The van der Waals surface area contributed by atoms with E-state index < -0.39 is 8.07 Å². The first-order chi connectivity index (χ1) is 25.6. The monoisotopic (exact) mass is 694 g/mol. The van der Waals surface area contributed by atoms with E-state index in [4.69, 9.17) is 0 Å². The summed E-state index contributed by atoms with van der Waals surface area (Å²) in [5, 5.41) is 9.94. The number of rotatable bonds is 2. The van der Waals surface area contributed by atoms with Crippen LogP contribution in [0.5, 0.6) is 0 Å². The van der Waals surface area contributed by atoms with Gasteiger partial charge in [0.25, 0.3) is 6.71 Å². The highest BCUT2D eigenvalue weighted by atomic mass is 32.1. The van der Waals surface area contributed by atoms with Crippen molar-refractivity contribution in [2.45, 2.75) is 19.3 Å². The first-order valence-corrected chi connectivity index (χ1v) is 21.2. The van der Waals surface area contributed by atoms with Crippen LogP contribution in [-0.2, 0) is 5.41 Å². The Morgan fingerprint density at radius 1 is 0.558 bits per heavy atom. The van der Waals surface area contributed by atoms with Gasteiger partial charge >= 0.3 is 0 Å². The Morgan fingerprint density at radius 3 is 1.98 bits per heavy atom. The van der Waals surface area contributed by atoms with Crippen LogP contribution in [-0.4, -0.2) is 19.4 Å². The highest BCUT2D eigenvalue weighted by molar-refractivity contribution is 7.33. The zero-order chi connectivity index (χ0) is 34.1. The maximum Gasteiger partial charge on any atom is 0.264 e. The summed E-state index contributed by atoms with van der Waals surface area (Å²) >= 11 is 2.00. The van der Waals surface area contributed by atoms with E-state index >= 15 is 0 Å². The second-order valence-electron chi connectivity index (χ2n) is 15.6. The van der Waals surface area contributed by atoms with E-state index in [0.717, 1.165) is 0 Å². The number of thiophene rings is 1. The number of hydrogen-bond acceptors (Lipinski definition) is 2. The van der Waals surface area contributed by atoms with E-state index in [9.17, 15) is 0 Å². The Balaban J connectivity index is 1.30. The minimum absolute atomic E-state index is 0.133. The van der Waals surface area contributed by atoms with E-state index in [2.05, 4.69) is 175 Å². The quantitative estimate of drug-likeness (QED) is 0.178. The summed E-state index contributed by atoms with van der Waals surface area (Å²) in [6.07, 6.45) is 0. The van der Waals surface area contributed by atoms with Gasteiger partial charge < -0.3 is 9.47 Å². The van der Waals surface area contributed by atoms with Gasteiger partial charge in [-0.2, -0.15) is 0 Å². The molecule has 4 aliphatic rings. The minimum Gasteiger partial charge on any atom is -0.311 e. The Labute approximate surface area is 307 Å². The number of hydrogen-bond donors (Lipinski definition) is 0. The molecule has 242 valence electrons. The summed E-state index contributed by atoms with van der Waals surface area (Å²) in [7, 11) is -2.79. The van der Waals surface area contributed by atoms with Crippen LogP contribution in [0.15, 0.2) is 152 Å². The van der Waals surface area contributed by atoms with Crippen LogP contribution in [0, 0.1) is 0 Å². The van der Waals surface area contributed by atoms with Crippen molar-refractivity contribution >= 4 is 112 Å². The molecule has 5 heteroatoms. The highest BCUT2D eigenvalue weighted by Crippen LogP contribution is 2.56. The van der Waals surface area contributed by atoms with Crippen LogP contribution in [0.2, 0.25) is 0 Å². The molecule has 0 atom stereocenters. The largest absolute Gasteiger partial charge is 0.311 e. The fourth-order valence-electron chi connectivity index (χ4n) is 11.0. The maximum atomic E-state index is 2.76. The van der Waals surface area contributed by atoms with E-state index in [0.29, 0.717) is 0 Å². The lowest BCUT2D eigenvalue weighted by molar-refractivity contribution is 0.634. The lowest BCUT2D eigenvalue weighted by Crippen LogP contribution is -2.79. The average Bonchev–Trinajstić information content (AvgIpc) is 3.74. The summed E-state index contributed by atoms with van der Waals surface area (Å²) in [6, 6.07) is 58.4. The van der Waals surface area contributed by atoms with Crippen molar-refractivity contribution in [1.82, 2.24) is 4.57 Å². The van der Waals surface area contributed by atoms with Crippen LogP contribution >= 0.6 is 11.3 Å². The lowest BCUT2D eigenvalue weighted by atomic mass is 9.36. The molecule has 0 bridgehead atoms. The van der Waals surface area contributed by atoms with Gasteiger partial charge in [-0.25, -0.2) is 0 Å². The highest BCUT2D eigenvalue weighted by Gasteiger charge is 2.57. The first-order valence-electron chi connectivity index (χ1n) is 18.4. The van der Waals surface area contributed by atoms with Gasteiger partial charge in [-0.15, -0.1) is 11.3 Å². The molecule has 0 unspecified atom stereocenters. The number of aromatic nitrogens is 1. The third-order valence-electron chi connectivity index (χ3n) is 13.0. The molecular weight excluding hydrogens is 663 g/mol. The average molecular weight is 695 g/mol. The van der Waals surface area contributed by atoms with Crippen molar-refractivity contribution in [3.8, 4) is 5.69 Å². The molecule has 2 nitrogen and oxygen atoms in total. The van der Waals surface area contributed by atoms with Crippen molar-refractivity contribution in [2.75, 3.05) is 4.90 Å². The SMILES string of the molecule is CC1(C)c2cccc3c2N2c4c(cccc4[Si]3(c3ccccc3)c3ccccc3)B3c4sc5ccccc5c4-n4c5ccccc5c5cc1c2c3c54. The van der Waals surface area contributed by atoms with Gasteiger partial charge in [-0.05, 0) is 61.0 Å². The molecule has 9 aromatic rings. The number of fused-ring (bicyclic) bond motifs is 9. The first kappa shape index (κ1) is 28.0. The van der Waals surface area contributed by atoms with Crippen molar-refractivity contribution in [2.24, 2.45) is 0 Å². The molecule has 0 aliphatic carbocycles. The topological polar surface area (TPSA) is 8.17 Å². The molecule has 4 aliphatic heterocycles. The molecule has 0 N–H and O–H groups in total. The van der Waals surface area contributed by atoms with Gasteiger partial charge in [-0.1, -0.05) is 147 Å². The zero-order valence-corrected chi connectivity index (χ0v) is 30.6. The fourth-order valence-corrected chi connectivity index (χ4v) is 17.5. The van der Waals surface area contributed by atoms with Gasteiger partial charge in [0.2, 0.25) is 0 Å². The second-order valence-corrected chi connectivity index (χ2v) is 20.4. The Bertz CT molecular complexity index is 3030. The standard InChI is InChI=1S/C47H31BN2SSi/c1-47(2)33-21-13-25-38-43(33)50-44-34(47)27-32-30-19-9-11-23-36(30)49-41(32)40(44)48(46-42(49)31-20-10-12-24-37(31)51-46)35-22-14-26-39(45(35)50)52(38,28-15-5-3-6-16-28)29-17-7-4-8-18-29/h3-27H,1-2H3. The maximum absolute atomic E-state index is 2.79. The van der Waals surface area contributed by atoms with E-state index in [1.807, 2.05) is 11.3 Å².